The number of benzene rings is 2. The second-order valence-electron chi connectivity index (χ2n) is 5.29. The molecule has 104 valence electrons. The molecule has 3 heteroatoms. The van der Waals surface area contributed by atoms with E-state index in [-0.39, 0.29) is 0 Å². The lowest BCUT2D eigenvalue weighted by Gasteiger charge is -2.23. The lowest BCUT2D eigenvalue weighted by atomic mass is 10.1. The van der Waals surface area contributed by atoms with Crippen LogP contribution in [-0.4, -0.2) is 12.0 Å². The van der Waals surface area contributed by atoms with Crippen molar-refractivity contribution in [1.82, 2.24) is 0 Å². The summed E-state index contributed by atoms with van der Waals surface area (Å²) in [5.74, 6) is 0. The molecule has 0 aromatic heterocycles. The van der Waals surface area contributed by atoms with Gasteiger partial charge in [0, 0.05) is 18.3 Å². The number of rotatable bonds is 3. The van der Waals surface area contributed by atoms with Crippen LogP contribution in [0.5, 0.6) is 0 Å². The highest BCUT2D eigenvalue weighted by molar-refractivity contribution is 7.80. The van der Waals surface area contributed by atoms with E-state index >= 15 is 0 Å². The molecule has 2 aromatic rings. The Labute approximate surface area is 126 Å². The number of hydrogen-bond acceptors (Lipinski definition) is 2. The molecule has 0 aliphatic heterocycles. The van der Waals surface area contributed by atoms with Crippen LogP contribution in [0.3, 0.4) is 0 Å². The van der Waals surface area contributed by atoms with E-state index in [0.29, 0.717) is 4.99 Å². The fourth-order valence-corrected chi connectivity index (χ4v) is 2.59. The van der Waals surface area contributed by atoms with Gasteiger partial charge in [0.05, 0.1) is 5.69 Å². The minimum absolute atomic E-state index is 0.430. The molecule has 0 unspecified atom stereocenters. The number of nitrogens with zero attached hydrogens (tertiary/aromatic N) is 1. The Balaban J connectivity index is 2.52. The van der Waals surface area contributed by atoms with Crippen molar-refractivity contribution in [3.63, 3.8) is 0 Å². The normalized spacial score (nSPS) is 10.4. The Morgan fingerprint density at radius 3 is 2.10 bits per heavy atom. The third kappa shape index (κ3) is 2.99. The number of aryl methyl sites for hydroxylation is 3. The molecule has 2 aromatic carbocycles. The number of hydrogen-bond donors (Lipinski definition) is 1. The van der Waals surface area contributed by atoms with Crippen molar-refractivity contribution in [1.29, 1.82) is 0 Å². The first-order valence-corrected chi connectivity index (χ1v) is 7.02. The summed E-state index contributed by atoms with van der Waals surface area (Å²) in [4.78, 5) is 2.56. The summed E-state index contributed by atoms with van der Waals surface area (Å²) in [5, 5.41) is 0. The topological polar surface area (TPSA) is 29.3 Å². The van der Waals surface area contributed by atoms with Crippen LogP contribution in [0.1, 0.15) is 22.3 Å². The van der Waals surface area contributed by atoms with E-state index in [0.717, 1.165) is 22.5 Å². The van der Waals surface area contributed by atoms with Crippen LogP contribution >= 0.6 is 12.2 Å². The molecule has 0 saturated carbocycles. The third-order valence-electron chi connectivity index (χ3n) is 3.37. The highest BCUT2D eigenvalue weighted by Gasteiger charge is 2.12. The van der Waals surface area contributed by atoms with E-state index in [1.54, 1.807) is 0 Å². The molecule has 0 atom stereocenters. The first-order valence-electron chi connectivity index (χ1n) is 6.61. The molecule has 0 radical (unpaired) electrons. The van der Waals surface area contributed by atoms with Crippen molar-refractivity contribution in [3.05, 3.63) is 58.7 Å². The van der Waals surface area contributed by atoms with E-state index in [1.807, 2.05) is 20.0 Å². The van der Waals surface area contributed by atoms with Crippen molar-refractivity contribution in [2.24, 2.45) is 5.73 Å². The molecule has 0 fully saturated rings. The minimum atomic E-state index is 0.430. The van der Waals surface area contributed by atoms with Crippen LogP contribution in [0.4, 0.5) is 11.4 Å². The molecule has 2 N–H and O–H groups in total. The van der Waals surface area contributed by atoms with Crippen molar-refractivity contribution < 1.29 is 0 Å². The van der Waals surface area contributed by atoms with Crippen LogP contribution in [0.2, 0.25) is 0 Å². The van der Waals surface area contributed by atoms with Crippen LogP contribution in [0.25, 0.3) is 0 Å². The summed E-state index contributed by atoms with van der Waals surface area (Å²) in [7, 11) is 2.04. The maximum atomic E-state index is 5.86. The SMILES string of the molecule is Cc1cc(C)cc(N(C)c2ccc(C)cc2C(N)=S)c1. The van der Waals surface area contributed by atoms with Crippen molar-refractivity contribution in [3.8, 4) is 0 Å². The highest BCUT2D eigenvalue weighted by Crippen LogP contribution is 2.29. The maximum absolute atomic E-state index is 5.86. The smallest absolute Gasteiger partial charge is 0.106 e. The molecular weight excluding hydrogens is 264 g/mol. The van der Waals surface area contributed by atoms with Gasteiger partial charge in [-0.3, -0.25) is 0 Å². The fraction of sp³-hybridized carbons (Fsp3) is 0.235. The zero-order chi connectivity index (χ0) is 14.9. The largest absolute Gasteiger partial charge is 0.389 e. The summed E-state index contributed by atoms with van der Waals surface area (Å²) < 4.78 is 0. The molecule has 20 heavy (non-hydrogen) atoms. The van der Waals surface area contributed by atoms with E-state index in [4.69, 9.17) is 18.0 Å². The molecule has 0 spiro atoms. The van der Waals surface area contributed by atoms with Gasteiger partial charge in [0.15, 0.2) is 0 Å². The van der Waals surface area contributed by atoms with Crippen LogP contribution < -0.4 is 10.6 Å². The first-order chi connectivity index (χ1) is 9.38. The average molecular weight is 284 g/mol. The monoisotopic (exact) mass is 284 g/mol. The van der Waals surface area contributed by atoms with Gasteiger partial charge in [-0.25, -0.2) is 0 Å². The molecular formula is C17H20N2S. The van der Waals surface area contributed by atoms with Gasteiger partial charge < -0.3 is 10.6 Å². The lowest BCUT2D eigenvalue weighted by molar-refractivity contribution is 1.18. The highest BCUT2D eigenvalue weighted by atomic mass is 32.1. The van der Waals surface area contributed by atoms with Gasteiger partial charge in [0.1, 0.15) is 4.99 Å². The summed E-state index contributed by atoms with van der Waals surface area (Å²) in [6, 6.07) is 12.7. The number of nitrogens with two attached hydrogens (primary N) is 1. The van der Waals surface area contributed by atoms with E-state index in [9.17, 15) is 0 Å². The molecule has 0 amide bonds. The van der Waals surface area contributed by atoms with Crippen molar-refractivity contribution in [2.45, 2.75) is 20.8 Å². The second-order valence-corrected chi connectivity index (χ2v) is 5.73. The van der Waals surface area contributed by atoms with Gasteiger partial charge in [-0.15, -0.1) is 0 Å². The summed E-state index contributed by atoms with van der Waals surface area (Å²) in [5.41, 5.74) is 12.6. The summed E-state index contributed by atoms with van der Waals surface area (Å²) >= 11 is 5.18. The summed E-state index contributed by atoms with van der Waals surface area (Å²) in [6.45, 7) is 6.25. The van der Waals surface area contributed by atoms with Gasteiger partial charge in [0.25, 0.3) is 0 Å². The third-order valence-corrected chi connectivity index (χ3v) is 3.59. The van der Waals surface area contributed by atoms with Crippen molar-refractivity contribution >= 4 is 28.6 Å². The number of thiocarbonyl (C=S) groups is 1. The summed E-state index contributed by atoms with van der Waals surface area (Å²) in [6.07, 6.45) is 0. The van der Waals surface area contributed by atoms with Gasteiger partial charge in [-0.05, 0) is 56.2 Å². The van der Waals surface area contributed by atoms with E-state index < -0.39 is 0 Å². The Morgan fingerprint density at radius 2 is 1.55 bits per heavy atom. The molecule has 2 nitrogen and oxygen atoms in total. The second kappa shape index (κ2) is 5.63. The van der Waals surface area contributed by atoms with Crippen molar-refractivity contribution in [2.75, 3.05) is 11.9 Å². The zero-order valence-electron chi connectivity index (χ0n) is 12.4. The van der Waals surface area contributed by atoms with E-state index in [2.05, 4.69) is 49.1 Å². The minimum Gasteiger partial charge on any atom is -0.389 e. The van der Waals surface area contributed by atoms with Crippen LogP contribution in [-0.2, 0) is 0 Å². The maximum Gasteiger partial charge on any atom is 0.106 e. The van der Waals surface area contributed by atoms with Gasteiger partial charge in [0.2, 0.25) is 0 Å². The molecule has 2 rings (SSSR count). The molecule has 0 bridgehead atoms. The zero-order valence-corrected chi connectivity index (χ0v) is 13.2. The molecule has 0 saturated heterocycles. The van der Waals surface area contributed by atoms with Gasteiger partial charge >= 0.3 is 0 Å². The van der Waals surface area contributed by atoms with Crippen LogP contribution in [0, 0.1) is 20.8 Å². The standard InChI is InChI=1S/C17H20N2S/c1-11-5-6-16(15(10-11)17(18)20)19(4)14-8-12(2)7-13(3)9-14/h5-10H,1-4H3,(H2,18,20). The predicted molar refractivity (Wildman–Crippen MR) is 91.0 cm³/mol. The quantitative estimate of drug-likeness (QED) is 0.863. The van der Waals surface area contributed by atoms with Gasteiger partial charge in [-0.1, -0.05) is 29.9 Å². The Hall–Kier alpha value is -1.87. The van der Waals surface area contributed by atoms with Gasteiger partial charge in [-0.2, -0.15) is 0 Å². The fourth-order valence-electron chi connectivity index (χ4n) is 2.42. The predicted octanol–water partition coefficient (Wildman–Crippen LogP) is 4.01. The molecule has 0 aliphatic rings. The molecule has 0 heterocycles. The van der Waals surface area contributed by atoms with E-state index in [1.165, 1.54) is 11.1 Å². The Morgan fingerprint density at radius 1 is 0.950 bits per heavy atom. The molecule has 0 aliphatic carbocycles. The Bertz CT molecular complexity index is 642. The number of anilines is 2. The lowest BCUT2D eigenvalue weighted by Crippen LogP contribution is -2.18. The van der Waals surface area contributed by atoms with Crippen LogP contribution in [0.15, 0.2) is 36.4 Å². The average Bonchev–Trinajstić information content (AvgIpc) is 2.36. The first kappa shape index (κ1) is 14.5. The Kier molecular flexibility index (Phi) is 4.09.